The molecule has 0 fully saturated rings. The molecule has 1 aliphatic rings. The molecule has 0 atom stereocenters. The van der Waals surface area contributed by atoms with Crippen LogP contribution in [0.4, 0.5) is 0 Å². The average molecular weight is 347 g/mol. The number of unbranched alkanes of at least 4 members (excludes halogenated alkanes) is 1. The minimum Gasteiger partial charge on any atom is -0.268 e. The first-order valence-corrected chi connectivity index (χ1v) is 10.1. The van der Waals surface area contributed by atoms with E-state index in [1.165, 1.54) is 11.1 Å². The average Bonchev–Trinajstić information content (AvgIpc) is 2.95. The molecule has 23 heavy (non-hydrogen) atoms. The van der Waals surface area contributed by atoms with Crippen LogP contribution >= 0.6 is 23.5 Å². The summed E-state index contributed by atoms with van der Waals surface area (Å²) in [5.41, 5.74) is 4.37. The molecule has 0 saturated heterocycles. The SMILES string of the molecule is CCCCSc1nc2c(c(=O)n1-c1cc(C)cc(C)c1)SCC2. The van der Waals surface area contributed by atoms with E-state index in [1.54, 1.807) is 23.5 Å². The number of aryl methyl sites for hydroxylation is 3. The Morgan fingerprint density at radius 1 is 1.26 bits per heavy atom. The summed E-state index contributed by atoms with van der Waals surface area (Å²) in [5, 5.41) is 0.842. The molecule has 122 valence electrons. The van der Waals surface area contributed by atoms with Crippen LogP contribution in [0.5, 0.6) is 0 Å². The highest BCUT2D eigenvalue weighted by Crippen LogP contribution is 2.30. The van der Waals surface area contributed by atoms with Gasteiger partial charge in [-0.2, -0.15) is 0 Å². The molecular weight excluding hydrogens is 324 g/mol. The summed E-state index contributed by atoms with van der Waals surface area (Å²) in [5.74, 6) is 1.97. The van der Waals surface area contributed by atoms with Gasteiger partial charge in [-0.3, -0.25) is 9.36 Å². The van der Waals surface area contributed by atoms with Gasteiger partial charge >= 0.3 is 0 Å². The quantitative estimate of drug-likeness (QED) is 0.457. The summed E-state index contributed by atoms with van der Waals surface area (Å²) in [7, 11) is 0. The lowest BCUT2D eigenvalue weighted by atomic mass is 10.1. The fourth-order valence-electron chi connectivity index (χ4n) is 2.80. The van der Waals surface area contributed by atoms with Gasteiger partial charge in [-0.1, -0.05) is 31.2 Å². The third kappa shape index (κ3) is 3.50. The molecule has 1 aromatic carbocycles. The molecule has 1 aliphatic heterocycles. The monoisotopic (exact) mass is 346 g/mol. The fourth-order valence-corrected chi connectivity index (χ4v) is 4.94. The van der Waals surface area contributed by atoms with Crippen molar-refractivity contribution < 1.29 is 0 Å². The van der Waals surface area contributed by atoms with Crippen LogP contribution in [0.2, 0.25) is 0 Å². The van der Waals surface area contributed by atoms with Gasteiger partial charge in [0.2, 0.25) is 0 Å². The zero-order valence-electron chi connectivity index (χ0n) is 13.9. The molecule has 0 aliphatic carbocycles. The zero-order valence-corrected chi connectivity index (χ0v) is 15.5. The van der Waals surface area contributed by atoms with Crippen LogP contribution in [0.3, 0.4) is 0 Å². The van der Waals surface area contributed by atoms with Crippen LogP contribution in [0.25, 0.3) is 5.69 Å². The van der Waals surface area contributed by atoms with Gasteiger partial charge in [0.25, 0.3) is 5.56 Å². The van der Waals surface area contributed by atoms with Crippen LogP contribution in [-0.4, -0.2) is 21.1 Å². The first-order valence-electron chi connectivity index (χ1n) is 8.10. The largest absolute Gasteiger partial charge is 0.272 e. The summed E-state index contributed by atoms with van der Waals surface area (Å²) < 4.78 is 1.82. The molecule has 5 heteroatoms. The molecule has 0 spiro atoms. The number of hydrogen-bond donors (Lipinski definition) is 0. The third-order valence-corrected chi connectivity index (χ3v) is 5.99. The van der Waals surface area contributed by atoms with Gasteiger partial charge in [0, 0.05) is 17.9 Å². The lowest BCUT2D eigenvalue weighted by Crippen LogP contribution is -2.24. The number of thioether (sulfide) groups is 2. The summed E-state index contributed by atoms with van der Waals surface area (Å²) in [4.78, 5) is 18.7. The van der Waals surface area contributed by atoms with E-state index in [0.29, 0.717) is 0 Å². The number of rotatable bonds is 5. The Balaban J connectivity index is 2.14. The van der Waals surface area contributed by atoms with Crippen LogP contribution in [0, 0.1) is 13.8 Å². The Labute approximate surface area is 145 Å². The molecule has 0 saturated carbocycles. The number of fused-ring (bicyclic) bond motifs is 1. The molecule has 2 heterocycles. The number of hydrogen-bond acceptors (Lipinski definition) is 4. The summed E-state index contributed by atoms with van der Waals surface area (Å²) in [6, 6.07) is 6.28. The van der Waals surface area contributed by atoms with Crippen molar-refractivity contribution in [3.05, 3.63) is 45.4 Å². The second-order valence-electron chi connectivity index (χ2n) is 5.96. The van der Waals surface area contributed by atoms with Crippen molar-refractivity contribution in [1.29, 1.82) is 0 Å². The van der Waals surface area contributed by atoms with Gasteiger partial charge in [0.1, 0.15) is 0 Å². The standard InChI is InChI=1S/C18H22N2OS2/c1-4-5-7-23-18-19-15-6-8-22-16(15)17(21)20(18)14-10-12(2)9-13(3)11-14/h9-11H,4-8H2,1-3H3. The third-order valence-electron chi connectivity index (χ3n) is 3.86. The normalized spacial score (nSPS) is 13.3. The van der Waals surface area contributed by atoms with Crippen molar-refractivity contribution in [3.63, 3.8) is 0 Å². The Morgan fingerprint density at radius 2 is 2.00 bits per heavy atom. The summed E-state index contributed by atoms with van der Waals surface area (Å²) in [6.07, 6.45) is 3.20. The summed E-state index contributed by atoms with van der Waals surface area (Å²) >= 11 is 3.34. The van der Waals surface area contributed by atoms with Crippen LogP contribution in [0.1, 0.15) is 36.6 Å². The Hall–Kier alpha value is -1.20. The topological polar surface area (TPSA) is 34.9 Å². The molecule has 1 aromatic heterocycles. The Kier molecular flexibility index (Phi) is 5.17. The number of aromatic nitrogens is 2. The summed E-state index contributed by atoms with van der Waals surface area (Å²) in [6.45, 7) is 6.33. The van der Waals surface area contributed by atoms with Gasteiger partial charge in [-0.15, -0.1) is 11.8 Å². The first-order chi connectivity index (χ1) is 11.1. The van der Waals surface area contributed by atoms with E-state index in [1.807, 2.05) is 4.57 Å². The first kappa shape index (κ1) is 16.7. The van der Waals surface area contributed by atoms with Crippen molar-refractivity contribution in [2.24, 2.45) is 0 Å². The molecule has 0 unspecified atom stereocenters. The predicted molar refractivity (Wildman–Crippen MR) is 99.4 cm³/mol. The lowest BCUT2D eigenvalue weighted by Gasteiger charge is -2.14. The minimum absolute atomic E-state index is 0.0986. The highest BCUT2D eigenvalue weighted by molar-refractivity contribution is 7.99. The van der Waals surface area contributed by atoms with E-state index in [-0.39, 0.29) is 5.56 Å². The minimum atomic E-state index is 0.0986. The maximum atomic E-state index is 13.0. The zero-order chi connectivity index (χ0) is 16.4. The molecule has 2 aromatic rings. The van der Waals surface area contributed by atoms with Gasteiger partial charge in [0.15, 0.2) is 5.16 Å². The number of nitrogens with zero attached hydrogens (tertiary/aromatic N) is 2. The van der Waals surface area contributed by atoms with Crippen molar-refractivity contribution >= 4 is 23.5 Å². The van der Waals surface area contributed by atoms with Crippen molar-refractivity contribution in [2.75, 3.05) is 11.5 Å². The second kappa shape index (κ2) is 7.14. The van der Waals surface area contributed by atoms with Crippen LogP contribution in [0.15, 0.2) is 33.0 Å². The Morgan fingerprint density at radius 3 is 2.70 bits per heavy atom. The highest BCUT2D eigenvalue weighted by atomic mass is 32.2. The van der Waals surface area contributed by atoms with Gasteiger partial charge < -0.3 is 0 Å². The molecule has 0 amide bonds. The van der Waals surface area contributed by atoms with Crippen molar-refractivity contribution in [1.82, 2.24) is 9.55 Å². The second-order valence-corrected chi connectivity index (χ2v) is 8.12. The van der Waals surface area contributed by atoms with Crippen LogP contribution < -0.4 is 5.56 Å². The van der Waals surface area contributed by atoms with E-state index in [9.17, 15) is 4.79 Å². The maximum Gasteiger partial charge on any atom is 0.272 e. The van der Waals surface area contributed by atoms with E-state index >= 15 is 0 Å². The van der Waals surface area contributed by atoms with E-state index < -0.39 is 0 Å². The van der Waals surface area contributed by atoms with Gasteiger partial charge in [0.05, 0.1) is 16.3 Å². The smallest absolute Gasteiger partial charge is 0.268 e. The molecule has 0 bridgehead atoms. The molecule has 3 rings (SSSR count). The maximum absolute atomic E-state index is 13.0. The molecular formula is C18H22N2OS2. The molecule has 3 nitrogen and oxygen atoms in total. The van der Waals surface area contributed by atoms with Crippen LogP contribution in [-0.2, 0) is 6.42 Å². The fraction of sp³-hybridized carbons (Fsp3) is 0.444. The molecule has 0 radical (unpaired) electrons. The lowest BCUT2D eigenvalue weighted by molar-refractivity contribution is 0.737. The van der Waals surface area contributed by atoms with E-state index in [4.69, 9.17) is 4.98 Å². The van der Waals surface area contributed by atoms with E-state index in [2.05, 4.69) is 39.0 Å². The number of benzene rings is 1. The van der Waals surface area contributed by atoms with Gasteiger partial charge in [-0.05, 0) is 43.5 Å². The van der Waals surface area contributed by atoms with Gasteiger partial charge in [-0.25, -0.2) is 4.98 Å². The highest BCUT2D eigenvalue weighted by Gasteiger charge is 2.22. The van der Waals surface area contributed by atoms with Crippen molar-refractivity contribution in [2.45, 2.75) is 50.1 Å². The molecule has 0 N–H and O–H groups in total. The van der Waals surface area contributed by atoms with Crippen molar-refractivity contribution in [3.8, 4) is 5.69 Å². The Bertz CT molecular complexity index is 763. The predicted octanol–water partition coefficient (Wildman–Crippen LogP) is 4.39. The van der Waals surface area contributed by atoms with E-state index in [0.717, 1.165) is 52.2 Å².